The number of carbonyl (C=O) groups is 1. The summed E-state index contributed by atoms with van der Waals surface area (Å²) in [5.41, 5.74) is 0. The molecule has 522 valence electrons. The van der Waals surface area contributed by atoms with E-state index in [0.717, 1.165) is 51.4 Å². The zero-order valence-electron chi connectivity index (χ0n) is 56.9. The fraction of sp³-hybridized carbons (Fsp3) is 0.880. The predicted molar refractivity (Wildman–Crippen MR) is 364 cm³/mol. The SMILES string of the molecule is CCCCCCC/C=C\C/C=C\C/C=C\CCCCCCCCCCCCCCCCC(=O)NC(COC1OC(CO)C(OC2OC(CO)C(O)C(O)C2O)C(O)C1O)C(O)/C=C/CCCCCCCCCCCCCCCCCCCCCCCCCC. The summed E-state index contributed by atoms with van der Waals surface area (Å²) >= 11 is 0. The Hall–Kier alpha value is -2.05. The minimum atomic E-state index is -1.79. The Labute approximate surface area is 543 Å². The number of allylic oxidation sites excluding steroid dienone is 7. The molecule has 0 saturated carbocycles. The zero-order valence-corrected chi connectivity index (χ0v) is 56.9. The van der Waals surface area contributed by atoms with E-state index in [1.807, 2.05) is 6.08 Å². The molecule has 14 heteroatoms. The van der Waals surface area contributed by atoms with E-state index in [4.69, 9.17) is 18.9 Å². The molecule has 1 amide bonds. The number of aliphatic hydroxyl groups is 8. The van der Waals surface area contributed by atoms with E-state index in [0.29, 0.717) is 6.42 Å². The quantitative estimate of drug-likeness (QED) is 0.0204. The summed E-state index contributed by atoms with van der Waals surface area (Å²) in [6.45, 7) is 2.84. The number of aliphatic hydroxyl groups excluding tert-OH is 8. The lowest BCUT2D eigenvalue weighted by Crippen LogP contribution is -2.65. The minimum Gasteiger partial charge on any atom is -0.394 e. The van der Waals surface area contributed by atoms with E-state index in [1.54, 1.807) is 6.08 Å². The van der Waals surface area contributed by atoms with Gasteiger partial charge in [0.05, 0.1) is 32.0 Å². The molecular weight excluding hydrogens is 1120 g/mol. The molecule has 89 heavy (non-hydrogen) atoms. The van der Waals surface area contributed by atoms with Crippen LogP contribution in [0.2, 0.25) is 0 Å². The Bertz CT molecular complexity index is 1680. The van der Waals surface area contributed by atoms with Crippen molar-refractivity contribution in [3.8, 4) is 0 Å². The van der Waals surface area contributed by atoms with Crippen molar-refractivity contribution in [2.24, 2.45) is 0 Å². The standard InChI is InChI=1S/C75H139NO13/c1-3-5-7-9-11-13-15-17-19-21-23-25-27-29-31-32-33-35-37-39-41-43-45-47-49-51-53-55-57-59-67(80)76-63(62-86-74-72(85)70(83)73(66(61-78)88-74)89-75-71(84)69(82)68(81)65(60-77)87-75)64(79)58-56-54-52-50-48-46-44-42-40-38-36-34-30-28-26-24-22-20-18-16-14-12-10-8-6-4-2/h15,17,21,23,27,29,56,58,63-66,68-75,77-79,81-85H,3-14,16,18-20,22,24-26,28,30-55,57,59-62H2,1-2H3,(H,76,80)/b17-15-,23-21-,29-27-,58-56+. The monoisotopic (exact) mass is 1260 g/mol. The van der Waals surface area contributed by atoms with Crippen LogP contribution in [0, 0.1) is 0 Å². The summed E-state index contributed by atoms with van der Waals surface area (Å²) in [4.78, 5) is 13.4. The maximum Gasteiger partial charge on any atom is 0.220 e. The van der Waals surface area contributed by atoms with Gasteiger partial charge in [0.15, 0.2) is 12.6 Å². The molecule has 14 nitrogen and oxygen atoms in total. The fourth-order valence-electron chi connectivity index (χ4n) is 12.3. The summed E-state index contributed by atoms with van der Waals surface area (Å²) in [5.74, 6) is -0.236. The maximum absolute atomic E-state index is 13.4. The van der Waals surface area contributed by atoms with Crippen LogP contribution in [0.25, 0.3) is 0 Å². The third-order valence-electron chi connectivity index (χ3n) is 18.3. The van der Waals surface area contributed by atoms with E-state index in [1.165, 1.54) is 250 Å². The highest BCUT2D eigenvalue weighted by molar-refractivity contribution is 5.76. The number of hydrogen-bond donors (Lipinski definition) is 9. The second-order valence-electron chi connectivity index (χ2n) is 26.4. The van der Waals surface area contributed by atoms with Crippen LogP contribution in [-0.2, 0) is 23.7 Å². The summed E-state index contributed by atoms with van der Waals surface area (Å²) < 4.78 is 22.9. The van der Waals surface area contributed by atoms with Gasteiger partial charge in [-0.2, -0.15) is 0 Å². The van der Waals surface area contributed by atoms with Crippen molar-refractivity contribution in [1.82, 2.24) is 5.32 Å². The van der Waals surface area contributed by atoms with Crippen molar-refractivity contribution < 1.29 is 64.6 Å². The van der Waals surface area contributed by atoms with Crippen LogP contribution < -0.4 is 5.32 Å². The van der Waals surface area contributed by atoms with E-state index in [2.05, 4.69) is 55.6 Å². The van der Waals surface area contributed by atoms with Crippen molar-refractivity contribution in [2.75, 3.05) is 19.8 Å². The largest absolute Gasteiger partial charge is 0.394 e. The molecule has 2 heterocycles. The van der Waals surface area contributed by atoms with Gasteiger partial charge in [-0.3, -0.25) is 4.79 Å². The van der Waals surface area contributed by atoms with Gasteiger partial charge in [-0.15, -0.1) is 0 Å². The molecule has 12 atom stereocenters. The molecule has 0 radical (unpaired) electrons. The number of ether oxygens (including phenoxy) is 4. The van der Waals surface area contributed by atoms with Crippen molar-refractivity contribution in [2.45, 2.75) is 402 Å². The average Bonchev–Trinajstić information content (AvgIpc) is 2.51. The molecule has 0 bridgehead atoms. The van der Waals surface area contributed by atoms with Gasteiger partial charge >= 0.3 is 0 Å². The first-order chi connectivity index (χ1) is 43.6. The molecule has 2 aliphatic heterocycles. The zero-order chi connectivity index (χ0) is 64.5. The summed E-state index contributed by atoms with van der Waals surface area (Å²) in [5, 5.41) is 87.6. The Kier molecular flexibility index (Phi) is 55.7. The Morgan fingerprint density at radius 3 is 1.13 bits per heavy atom. The first kappa shape index (κ1) is 83.0. The minimum absolute atomic E-state index is 0.236. The molecule has 2 aliphatic rings. The number of rotatable bonds is 62. The van der Waals surface area contributed by atoms with Crippen molar-refractivity contribution in [1.29, 1.82) is 0 Å². The smallest absolute Gasteiger partial charge is 0.220 e. The van der Waals surface area contributed by atoms with Crippen LogP contribution in [0.3, 0.4) is 0 Å². The van der Waals surface area contributed by atoms with Gasteiger partial charge in [-0.1, -0.05) is 313 Å². The molecule has 0 spiro atoms. The Balaban J connectivity index is 1.66. The fourth-order valence-corrected chi connectivity index (χ4v) is 12.3. The lowest BCUT2D eigenvalue weighted by molar-refractivity contribution is -0.359. The van der Waals surface area contributed by atoms with Gasteiger partial charge in [0.25, 0.3) is 0 Å². The van der Waals surface area contributed by atoms with Crippen LogP contribution in [0.15, 0.2) is 48.6 Å². The normalized spacial score (nSPS) is 23.3. The van der Waals surface area contributed by atoms with Crippen LogP contribution in [0.4, 0.5) is 0 Å². The summed E-state index contributed by atoms with van der Waals surface area (Å²) in [7, 11) is 0. The Morgan fingerprint density at radius 2 is 0.742 bits per heavy atom. The van der Waals surface area contributed by atoms with Crippen LogP contribution in [0.5, 0.6) is 0 Å². The van der Waals surface area contributed by atoms with E-state index in [-0.39, 0.29) is 18.9 Å². The molecule has 2 rings (SSSR count). The molecular formula is C75H139NO13. The number of amides is 1. The van der Waals surface area contributed by atoms with Crippen LogP contribution in [0.1, 0.15) is 328 Å². The third kappa shape index (κ3) is 43.5. The molecule has 2 fully saturated rings. The topological polar surface area (TPSA) is 228 Å². The van der Waals surface area contributed by atoms with Gasteiger partial charge in [-0.05, 0) is 57.8 Å². The predicted octanol–water partition coefficient (Wildman–Crippen LogP) is 15.9. The highest BCUT2D eigenvalue weighted by Crippen LogP contribution is 2.30. The van der Waals surface area contributed by atoms with Gasteiger partial charge in [0, 0.05) is 6.42 Å². The first-order valence-electron chi connectivity index (χ1n) is 37.4. The lowest BCUT2D eigenvalue weighted by Gasteiger charge is -2.46. The molecule has 0 aromatic carbocycles. The average molecular weight is 1260 g/mol. The van der Waals surface area contributed by atoms with Crippen molar-refractivity contribution >= 4 is 5.91 Å². The number of hydrogen-bond acceptors (Lipinski definition) is 13. The summed E-state index contributed by atoms with van der Waals surface area (Å²) in [6.07, 6.45) is 61.7. The second-order valence-corrected chi connectivity index (χ2v) is 26.4. The molecule has 0 aromatic heterocycles. The Morgan fingerprint density at radius 1 is 0.404 bits per heavy atom. The molecule has 0 aromatic rings. The number of carbonyl (C=O) groups excluding carboxylic acids is 1. The van der Waals surface area contributed by atoms with Crippen molar-refractivity contribution in [3.63, 3.8) is 0 Å². The highest BCUT2D eigenvalue weighted by atomic mass is 16.7. The summed E-state index contributed by atoms with van der Waals surface area (Å²) in [6, 6.07) is -0.917. The van der Waals surface area contributed by atoms with Gasteiger partial charge in [-0.25, -0.2) is 0 Å². The van der Waals surface area contributed by atoms with Gasteiger partial charge in [0.1, 0.15) is 48.8 Å². The van der Waals surface area contributed by atoms with E-state index in [9.17, 15) is 45.6 Å². The first-order valence-corrected chi connectivity index (χ1v) is 37.4. The maximum atomic E-state index is 13.4. The van der Waals surface area contributed by atoms with Gasteiger partial charge < -0.3 is 65.1 Å². The number of unbranched alkanes of at least 4 members (excludes halogenated alkanes) is 43. The molecule has 9 N–H and O–H groups in total. The molecule has 0 aliphatic carbocycles. The van der Waals surface area contributed by atoms with Crippen molar-refractivity contribution in [3.05, 3.63) is 48.6 Å². The van der Waals surface area contributed by atoms with Crippen LogP contribution >= 0.6 is 0 Å². The lowest BCUT2D eigenvalue weighted by atomic mass is 9.97. The van der Waals surface area contributed by atoms with Crippen LogP contribution in [-0.4, -0.2) is 140 Å². The van der Waals surface area contributed by atoms with E-state index < -0.39 is 86.8 Å². The molecule has 2 saturated heterocycles. The highest BCUT2D eigenvalue weighted by Gasteiger charge is 2.51. The van der Waals surface area contributed by atoms with Gasteiger partial charge in [0.2, 0.25) is 5.91 Å². The third-order valence-corrected chi connectivity index (χ3v) is 18.3. The van der Waals surface area contributed by atoms with E-state index >= 15 is 0 Å². The number of nitrogens with one attached hydrogen (secondary N) is 1. The second kappa shape index (κ2) is 59.7. The molecule has 12 unspecified atom stereocenters.